The Morgan fingerprint density at radius 3 is 2.06 bits per heavy atom. The zero-order valence-corrected chi connectivity index (χ0v) is 19.2. The minimum atomic E-state index is -3.81. The molecule has 0 spiro atoms. The lowest BCUT2D eigenvalue weighted by molar-refractivity contribution is -0.127. The number of benzene rings is 3. The van der Waals surface area contributed by atoms with Gasteiger partial charge in [-0.25, -0.2) is 13.2 Å². The average Bonchev–Trinajstić information content (AvgIpc) is 2.88. The number of para-hydroxylation sites is 1. The normalized spacial score (nSPS) is 15.5. The van der Waals surface area contributed by atoms with Crippen molar-refractivity contribution in [1.29, 1.82) is 0 Å². The summed E-state index contributed by atoms with van der Waals surface area (Å²) in [5.41, 5.74) is 6.92. The summed E-state index contributed by atoms with van der Waals surface area (Å²) >= 11 is 0. The molecule has 1 saturated heterocycles. The lowest BCUT2D eigenvalue weighted by Gasteiger charge is -2.35. The monoisotopic (exact) mass is 479 g/mol. The fourth-order valence-electron chi connectivity index (χ4n) is 3.85. The molecule has 3 aromatic rings. The number of hydrogen-bond acceptors (Lipinski definition) is 6. The summed E-state index contributed by atoms with van der Waals surface area (Å²) in [5.74, 6) is -1.65. The van der Waals surface area contributed by atoms with E-state index in [-0.39, 0.29) is 10.5 Å². The van der Waals surface area contributed by atoms with Gasteiger partial charge in [-0.1, -0.05) is 54.6 Å². The molecule has 8 nitrogen and oxygen atoms in total. The van der Waals surface area contributed by atoms with Crippen LogP contribution in [-0.4, -0.2) is 50.8 Å². The Morgan fingerprint density at radius 2 is 1.44 bits per heavy atom. The quantitative estimate of drug-likeness (QED) is 0.522. The predicted octanol–water partition coefficient (Wildman–Crippen LogP) is 2.58. The molecular formula is C25H25N3O5S. The highest BCUT2D eigenvalue weighted by molar-refractivity contribution is 7.89. The highest BCUT2D eigenvalue weighted by Gasteiger charge is 2.30. The third kappa shape index (κ3) is 5.11. The number of ether oxygens (including phenoxy) is 1. The highest BCUT2D eigenvalue weighted by atomic mass is 32.2. The number of piperazine rings is 1. The number of nitrogens with zero attached hydrogens (tertiary/aromatic N) is 2. The molecule has 0 aliphatic carbocycles. The Morgan fingerprint density at radius 1 is 0.824 bits per heavy atom. The molecule has 3 aromatic carbocycles. The van der Waals surface area contributed by atoms with Crippen molar-refractivity contribution in [2.75, 3.05) is 31.1 Å². The Bertz CT molecular complexity index is 1260. The molecule has 0 radical (unpaired) electrons. The second-order valence-corrected chi connectivity index (χ2v) is 9.79. The van der Waals surface area contributed by atoms with E-state index >= 15 is 0 Å². The van der Waals surface area contributed by atoms with Gasteiger partial charge in [0.05, 0.1) is 10.5 Å². The van der Waals surface area contributed by atoms with Crippen LogP contribution in [0.2, 0.25) is 0 Å². The van der Waals surface area contributed by atoms with Crippen LogP contribution in [-0.2, 0) is 19.6 Å². The first kappa shape index (κ1) is 23.5. The van der Waals surface area contributed by atoms with Gasteiger partial charge in [-0.3, -0.25) is 4.79 Å². The second-order valence-electron chi connectivity index (χ2n) is 7.85. The van der Waals surface area contributed by atoms with Gasteiger partial charge >= 0.3 is 5.97 Å². The van der Waals surface area contributed by atoms with E-state index in [0.29, 0.717) is 31.7 Å². The fraction of sp³-hybridized carbons (Fsp3) is 0.200. The van der Waals surface area contributed by atoms with Crippen LogP contribution in [0.15, 0.2) is 89.8 Å². The number of esters is 1. The summed E-state index contributed by atoms with van der Waals surface area (Å²) in [6, 6.07) is 23.9. The summed E-state index contributed by atoms with van der Waals surface area (Å²) in [7, 11) is -3.81. The van der Waals surface area contributed by atoms with Crippen molar-refractivity contribution in [3.63, 3.8) is 0 Å². The van der Waals surface area contributed by atoms with Gasteiger partial charge < -0.3 is 15.4 Å². The minimum absolute atomic E-state index is 0.00885. The molecule has 0 aromatic heterocycles. The molecule has 1 aliphatic heterocycles. The van der Waals surface area contributed by atoms with Crippen molar-refractivity contribution >= 4 is 27.6 Å². The first-order chi connectivity index (χ1) is 16.4. The van der Waals surface area contributed by atoms with Crippen molar-refractivity contribution in [3.8, 4) is 0 Å². The number of carbonyl (C=O) groups is 2. The highest BCUT2D eigenvalue weighted by Crippen LogP contribution is 2.23. The van der Waals surface area contributed by atoms with E-state index in [0.717, 1.165) is 5.69 Å². The molecule has 1 aliphatic rings. The van der Waals surface area contributed by atoms with Crippen molar-refractivity contribution in [2.45, 2.75) is 11.0 Å². The van der Waals surface area contributed by atoms with Gasteiger partial charge in [-0.2, -0.15) is 4.31 Å². The maximum absolute atomic E-state index is 13.2. The Hall–Kier alpha value is -3.69. The van der Waals surface area contributed by atoms with Crippen molar-refractivity contribution < 1.29 is 22.7 Å². The van der Waals surface area contributed by atoms with E-state index < -0.39 is 28.0 Å². The third-order valence-electron chi connectivity index (χ3n) is 5.65. The smallest absolute Gasteiger partial charge is 0.339 e. The van der Waals surface area contributed by atoms with E-state index in [9.17, 15) is 18.0 Å². The Kier molecular flexibility index (Phi) is 6.95. The van der Waals surface area contributed by atoms with Crippen LogP contribution >= 0.6 is 0 Å². The van der Waals surface area contributed by atoms with Crippen LogP contribution in [0.25, 0.3) is 0 Å². The molecule has 176 valence electrons. The first-order valence-corrected chi connectivity index (χ1v) is 12.3. The molecule has 4 rings (SSSR count). The zero-order valence-electron chi connectivity index (χ0n) is 18.4. The Labute approximate surface area is 198 Å². The van der Waals surface area contributed by atoms with Crippen molar-refractivity contribution in [2.24, 2.45) is 5.73 Å². The van der Waals surface area contributed by atoms with Gasteiger partial charge in [0.2, 0.25) is 16.1 Å². The van der Waals surface area contributed by atoms with Gasteiger partial charge in [-0.15, -0.1) is 0 Å². The number of sulfonamides is 1. The van der Waals surface area contributed by atoms with Crippen molar-refractivity contribution in [1.82, 2.24) is 4.31 Å². The molecule has 34 heavy (non-hydrogen) atoms. The topological polar surface area (TPSA) is 110 Å². The van der Waals surface area contributed by atoms with E-state index in [1.807, 2.05) is 30.3 Å². The van der Waals surface area contributed by atoms with Crippen molar-refractivity contribution in [3.05, 3.63) is 96.1 Å². The number of hydrogen-bond donors (Lipinski definition) is 1. The van der Waals surface area contributed by atoms with Gasteiger partial charge in [0.15, 0.2) is 0 Å². The fourth-order valence-corrected chi connectivity index (χ4v) is 5.32. The third-order valence-corrected chi connectivity index (χ3v) is 7.55. The number of carbonyl (C=O) groups excluding carboxylic acids is 2. The summed E-state index contributed by atoms with van der Waals surface area (Å²) < 4.78 is 33.2. The van der Waals surface area contributed by atoms with Gasteiger partial charge in [0, 0.05) is 37.4 Å². The molecule has 1 fully saturated rings. The predicted molar refractivity (Wildman–Crippen MR) is 128 cm³/mol. The van der Waals surface area contributed by atoms with Gasteiger partial charge in [0.1, 0.15) is 0 Å². The van der Waals surface area contributed by atoms with Gasteiger partial charge in [-0.05, 0) is 30.3 Å². The largest absolute Gasteiger partial charge is 0.444 e. The summed E-state index contributed by atoms with van der Waals surface area (Å²) in [5, 5.41) is 0. The molecule has 1 amide bonds. The molecule has 0 saturated carbocycles. The maximum atomic E-state index is 13.2. The molecule has 9 heteroatoms. The van der Waals surface area contributed by atoms with Gasteiger partial charge in [0.25, 0.3) is 5.91 Å². The van der Waals surface area contributed by atoms with E-state index in [2.05, 4.69) is 4.90 Å². The number of nitrogens with two attached hydrogens (primary N) is 1. The number of anilines is 1. The summed E-state index contributed by atoms with van der Waals surface area (Å²) in [6.45, 7) is 1.76. The molecule has 2 N–H and O–H groups in total. The molecular weight excluding hydrogens is 454 g/mol. The second kappa shape index (κ2) is 10.1. The first-order valence-electron chi connectivity index (χ1n) is 10.8. The lowest BCUT2D eigenvalue weighted by Crippen LogP contribution is -2.48. The van der Waals surface area contributed by atoms with Crippen LogP contribution in [0.3, 0.4) is 0 Å². The van der Waals surface area contributed by atoms with Crippen LogP contribution in [0.4, 0.5) is 5.69 Å². The van der Waals surface area contributed by atoms with Crippen LogP contribution < -0.4 is 10.6 Å². The molecule has 0 bridgehead atoms. The summed E-state index contributed by atoms with van der Waals surface area (Å²) in [6.07, 6.45) is -1.28. The Balaban J connectivity index is 1.48. The summed E-state index contributed by atoms with van der Waals surface area (Å²) in [4.78, 5) is 26.7. The molecule has 1 atom stereocenters. The SMILES string of the molecule is NC(=O)C(OC(=O)c1cccc(S(=O)(=O)N2CCN(c3ccccc3)CC2)c1)c1ccccc1. The standard InChI is InChI=1S/C25H25N3O5S/c26-24(29)23(19-8-3-1-4-9-19)33-25(30)20-10-7-13-22(18-20)34(31,32)28-16-14-27(15-17-28)21-11-5-2-6-12-21/h1-13,18,23H,14-17H2,(H2,26,29). The maximum Gasteiger partial charge on any atom is 0.339 e. The number of primary amides is 1. The number of amides is 1. The van der Waals surface area contributed by atoms with Crippen LogP contribution in [0.5, 0.6) is 0 Å². The lowest BCUT2D eigenvalue weighted by atomic mass is 10.1. The van der Waals surface area contributed by atoms with E-state index in [4.69, 9.17) is 10.5 Å². The average molecular weight is 480 g/mol. The zero-order chi connectivity index (χ0) is 24.1. The van der Waals surface area contributed by atoms with E-state index in [1.54, 1.807) is 30.3 Å². The molecule has 1 heterocycles. The molecule has 1 unspecified atom stereocenters. The van der Waals surface area contributed by atoms with E-state index in [1.165, 1.54) is 28.6 Å². The van der Waals surface area contributed by atoms with Crippen LogP contribution in [0, 0.1) is 0 Å². The van der Waals surface area contributed by atoms with Crippen LogP contribution in [0.1, 0.15) is 22.0 Å². The minimum Gasteiger partial charge on any atom is -0.444 e. The number of rotatable bonds is 7.